The van der Waals surface area contributed by atoms with Gasteiger partial charge in [-0.25, -0.2) is 0 Å². The number of carbonyl (C=O) groups excluding carboxylic acids is 1. The highest BCUT2D eigenvalue weighted by Crippen LogP contribution is 2.08. The summed E-state index contributed by atoms with van der Waals surface area (Å²) in [6, 6.07) is 9.99. The van der Waals surface area contributed by atoms with Gasteiger partial charge >= 0.3 is 0 Å². The maximum absolute atomic E-state index is 12.3. The second-order valence-electron chi connectivity index (χ2n) is 4.41. The zero-order valence-corrected chi connectivity index (χ0v) is 11.4. The normalized spacial score (nSPS) is 11.2. The van der Waals surface area contributed by atoms with E-state index in [0.717, 1.165) is 5.19 Å². The molecule has 1 aromatic rings. The van der Waals surface area contributed by atoms with E-state index in [1.807, 2.05) is 30.3 Å². The summed E-state index contributed by atoms with van der Waals surface area (Å²) in [5.41, 5.74) is 0.195. The number of hydrogen-bond acceptors (Lipinski definition) is 2. The molecule has 1 rings (SSSR count). The average molecular weight is 237 g/mol. The zero-order valence-electron chi connectivity index (χ0n) is 10.4. The third-order valence-electron chi connectivity index (χ3n) is 2.70. The van der Waals surface area contributed by atoms with Crippen molar-refractivity contribution in [2.24, 2.45) is 0 Å². The molecule has 0 radical (unpaired) electrons. The summed E-state index contributed by atoms with van der Waals surface area (Å²) in [6.07, 6.45) is 0. The molecule has 0 saturated carbocycles. The second-order valence-corrected chi connectivity index (χ2v) is 8.67. The lowest BCUT2D eigenvalue weighted by Gasteiger charge is -2.27. The van der Waals surface area contributed by atoms with Gasteiger partial charge < -0.3 is 9.64 Å². The average Bonchev–Trinajstić information content (AvgIpc) is 2.29. The van der Waals surface area contributed by atoms with E-state index >= 15 is 0 Å². The molecule has 0 fully saturated rings. The topological polar surface area (TPSA) is 29.5 Å². The van der Waals surface area contributed by atoms with Crippen LogP contribution in [0.2, 0.25) is 13.1 Å². The molecule has 0 bridgehead atoms. The third-order valence-corrected chi connectivity index (χ3v) is 5.93. The van der Waals surface area contributed by atoms with Crippen LogP contribution in [0.1, 0.15) is 0 Å². The molecule has 0 aliphatic carbocycles. The molecule has 16 heavy (non-hydrogen) atoms. The monoisotopic (exact) mass is 237 g/mol. The molecule has 0 heterocycles. The summed E-state index contributed by atoms with van der Waals surface area (Å²) in [4.78, 5) is 13.9. The number of methoxy groups -OCH3 is 1. The molecule has 0 atom stereocenters. The summed E-state index contributed by atoms with van der Waals surface area (Å²) in [6.45, 7) is 4.48. The molecule has 88 valence electrons. The van der Waals surface area contributed by atoms with E-state index in [-0.39, 0.29) is 5.53 Å². The lowest BCUT2D eigenvalue weighted by Crippen LogP contribution is -2.55. The van der Waals surface area contributed by atoms with Crippen LogP contribution in [0.4, 0.5) is 4.79 Å². The summed E-state index contributed by atoms with van der Waals surface area (Å²) in [7, 11) is 1.30. The van der Waals surface area contributed by atoms with Gasteiger partial charge in [0.15, 0.2) is 8.07 Å². The molecular formula is C12H19NO2Si. The first-order valence-electron chi connectivity index (χ1n) is 5.30. The van der Waals surface area contributed by atoms with Gasteiger partial charge in [0, 0.05) is 14.2 Å². The Morgan fingerprint density at radius 1 is 1.31 bits per heavy atom. The van der Waals surface area contributed by atoms with Crippen LogP contribution in [0.5, 0.6) is 0 Å². The van der Waals surface area contributed by atoms with E-state index in [1.54, 1.807) is 19.1 Å². The van der Waals surface area contributed by atoms with Gasteiger partial charge in [0.05, 0.1) is 0 Å². The first-order valence-corrected chi connectivity index (χ1v) is 8.30. The largest absolute Gasteiger partial charge is 0.364 e. The fourth-order valence-electron chi connectivity index (χ4n) is 1.71. The lowest BCUT2D eigenvalue weighted by atomic mass is 10.4. The summed E-state index contributed by atoms with van der Waals surface area (Å²) in [5.74, 6) is 0. The Morgan fingerprint density at radius 3 is 2.38 bits per heavy atom. The molecule has 0 aliphatic heterocycles. The standard InChI is InChI=1S/C12H19NO2Si/c1-13(10-15-2)12(14)16(3,4)11-8-6-5-7-9-11/h5-9H,10H2,1-4H3. The van der Waals surface area contributed by atoms with Gasteiger partial charge in [0.1, 0.15) is 6.73 Å². The zero-order chi connectivity index (χ0) is 12.2. The van der Waals surface area contributed by atoms with Crippen molar-refractivity contribution in [3.8, 4) is 0 Å². The summed E-state index contributed by atoms with van der Waals surface area (Å²) >= 11 is 0. The SMILES string of the molecule is COCN(C)C(=O)[Si](C)(C)c1ccccc1. The predicted molar refractivity (Wildman–Crippen MR) is 68.6 cm³/mol. The summed E-state index contributed by atoms with van der Waals surface area (Å²) < 4.78 is 4.98. The van der Waals surface area contributed by atoms with Gasteiger partial charge in [-0.1, -0.05) is 43.4 Å². The molecule has 1 amide bonds. The van der Waals surface area contributed by atoms with Crippen LogP contribution in [-0.2, 0) is 4.74 Å². The molecule has 3 nitrogen and oxygen atoms in total. The van der Waals surface area contributed by atoms with Crippen molar-refractivity contribution in [1.82, 2.24) is 4.90 Å². The van der Waals surface area contributed by atoms with Crippen LogP contribution in [-0.4, -0.2) is 39.4 Å². The molecule has 0 saturated heterocycles. The number of ether oxygens (including phenoxy) is 1. The fraction of sp³-hybridized carbons (Fsp3) is 0.417. The van der Waals surface area contributed by atoms with Gasteiger partial charge in [-0.2, -0.15) is 0 Å². The molecular weight excluding hydrogens is 218 g/mol. The predicted octanol–water partition coefficient (Wildman–Crippen LogP) is 1.84. The van der Waals surface area contributed by atoms with E-state index in [9.17, 15) is 4.79 Å². The minimum absolute atomic E-state index is 0.195. The van der Waals surface area contributed by atoms with Gasteiger partial charge in [-0.15, -0.1) is 0 Å². The Balaban J connectivity index is 2.89. The van der Waals surface area contributed by atoms with E-state index in [4.69, 9.17) is 4.74 Å². The molecule has 0 N–H and O–H groups in total. The highest BCUT2D eigenvalue weighted by Gasteiger charge is 2.34. The second kappa shape index (κ2) is 5.27. The Bertz CT molecular complexity index is 351. The number of hydrogen-bond donors (Lipinski definition) is 0. The van der Waals surface area contributed by atoms with E-state index in [1.165, 1.54) is 0 Å². The number of carbonyl (C=O) groups is 1. The van der Waals surface area contributed by atoms with Crippen LogP contribution in [0.3, 0.4) is 0 Å². The van der Waals surface area contributed by atoms with Crippen molar-refractivity contribution in [2.45, 2.75) is 13.1 Å². The molecule has 0 spiro atoms. The van der Waals surface area contributed by atoms with E-state index in [0.29, 0.717) is 6.73 Å². The number of nitrogens with zero attached hydrogens (tertiary/aromatic N) is 1. The highest BCUT2D eigenvalue weighted by molar-refractivity contribution is 7.12. The van der Waals surface area contributed by atoms with Gasteiger partial charge in [-0.3, -0.25) is 4.79 Å². The molecule has 0 aromatic heterocycles. The Hall–Kier alpha value is -1.13. The van der Waals surface area contributed by atoms with Gasteiger partial charge in [-0.05, 0) is 5.19 Å². The Kier molecular flexibility index (Phi) is 4.26. The lowest BCUT2D eigenvalue weighted by molar-refractivity contribution is 0.106. The third kappa shape index (κ3) is 2.71. The van der Waals surface area contributed by atoms with Crippen molar-refractivity contribution in [3.05, 3.63) is 30.3 Å². The van der Waals surface area contributed by atoms with Crippen molar-refractivity contribution < 1.29 is 9.53 Å². The van der Waals surface area contributed by atoms with Crippen LogP contribution >= 0.6 is 0 Å². The summed E-state index contributed by atoms with van der Waals surface area (Å²) in [5, 5.41) is 1.16. The van der Waals surface area contributed by atoms with Crippen molar-refractivity contribution >= 4 is 18.8 Å². The molecule has 0 unspecified atom stereocenters. The van der Waals surface area contributed by atoms with Crippen LogP contribution < -0.4 is 5.19 Å². The molecule has 1 aromatic carbocycles. The minimum Gasteiger partial charge on any atom is -0.364 e. The number of amides is 1. The quantitative estimate of drug-likeness (QED) is 0.591. The van der Waals surface area contributed by atoms with Crippen LogP contribution in [0, 0.1) is 0 Å². The maximum atomic E-state index is 12.3. The van der Waals surface area contributed by atoms with Gasteiger partial charge in [0.2, 0.25) is 5.53 Å². The maximum Gasteiger partial charge on any atom is 0.201 e. The first kappa shape index (κ1) is 12.9. The minimum atomic E-state index is -2.08. The Morgan fingerprint density at radius 2 is 1.88 bits per heavy atom. The van der Waals surface area contributed by atoms with Crippen molar-refractivity contribution in [1.29, 1.82) is 0 Å². The van der Waals surface area contributed by atoms with E-state index < -0.39 is 8.07 Å². The van der Waals surface area contributed by atoms with E-state index in [2.05, 4.69) is 13.1 Å². The van der Waals surface area contributed by atoms with Crippen molar-refractivity contribution in [2.75, 3.05) is 20.9 Å². The highest BCUT2D eigenvalue weighted by atomic mass is 28.3. The van der Waals surface area contributed by atoms with Crippen LogP contribution in [0.15, 0.2) is 30.3 Å². The smallest absolute Gasteiger partial charge is 0.201 e. The Labute approximate surface area is 98.0 Å². The molecule has 0 aliphatic rings. The fourth-order valence-corrected chi connectivity index (χ4v) is 4.00. The van der Waals surface area contributed by atoms with Crippen molar-refractivity contribution in [3.63, 3.8) is 0 Å². The van der Waals surface area contributed by atoms with Crippen LogP contribution in [0.25, 0.3) is 0 Å². The number of rotatable bonds is 4. The number of benzene rings is 1. The molecule has 4 heteroatoms. The van der Waals surface area contributed by atoms with Gasteiger partial charge in [0.25, 0.3) is 0 Å². The first-order chi connectivity index (χ1) is 7.50.